The van der Waals surface area contributed by atoms with Crippen LogP contribution in [-0.4, -0.2) is 30.1 Å². The SMILES string of the molecule is C=CCN(C)CC1=C(c2cccc(O)c2)c2ccccc2CCC1.Cl. The molecule has 0 aliphatic heterocycles. The number of aromatic hydroxyl groups is 1. The lowest BCUT2D eigenvalue weighted by Gasteiger charge is -2.21. The van der Waals surface area contributed by atoms with Crippen LogP contribution in [0.2, 0.25) is 0 Å². The topological polar surface area (TPSA) is 23.5 Å². The van der Waals surface area contributed by atoms with Crippen LogP contribution in [0.5, 0.6) is 5.75 Å². The third-order valence-corrected chi connectivity index (χ3v) is 4.60. The van der Waals surface area contributed by atoms with Crippen LogP contribution in [0.3, 0.4) is 0 Å². The quantitative estimate of drug-likeness (QED) is 0.757. The van der Waals surface area contributed by atoms with Gasteiger partial charge in [-0.2, -0.15) is 0 Å². The second kappa shape index (κ2) is 8.89. The maximum absolute atomic E-state index is 9.97. The van der Waals surface area contributed by atoms with E-state index in [0.717, 1.165) is 37.9 Å². The van der Waals surface area contributed by atoms with E-state index in [1.54, 1.807) is 6.07 Å². The summed E-state index contributed by atoms with van der Waals surface area (Å²) in [4.78, 5) is 2.29. The van der Waals surface area contributed by atoms with Crippen molar-refractivity contribution in [3.63, 3.8) is 0 Å². The number of phenolic OH excluding ortho intramolecular Hbond substituents is 1. The molecule has 0 amide bonds. The monoisotopic (exact) mass is 355 g/mol. The Balaban J connectivity index is 0.00000225. The van der Waals surface area contributed by atoms with Gasteiger partial charge >= 0.3 is 0 Å². The Hall–Kier alpha value is -2.03. The Morgan fingerprint density at radius 1 is 1.12 bits per heavy atom. The number of hydrogen-bond acceptors (Lipinski definition) is 2. The lowest BCUT2D eigenvalue weighted by atomic mass is 9.90. The summed E-state index contributed by atoms with van der Waals surface area (Å²) < 4.78 is 0. The molecular formula is C22H26ClNO. The molecule has 0 fully saturated rings. The summed E-state index contributed by atoms with van der Waals surface area (Å²) in [5, 5.41) is 9.97. The summed E-state index contributed by atoms with van der Waals surface area (Å²) in [6.45, 7) is 5.64. The lowest BCUT2D eigenvalue weighted by molar-refractivity contribution is 0.398. The molecule has 0 heterocycles. The molecule has 0 saturated carbocycles. The molecule has 132 valence electrons. The molecular weight excluding hydrogens is 330 g/mol. The molecule has 0 unspecified atom stereocenters. The number of aryl methyl sites for hydroxylation is 1. The first kappa shape index (κ1) is 19.3. The van der Waals surface area contributed by atoms with Crippen molar-refractivity contribution in [3.8, 4) is 5.75 Å². The van der Waals surface area contributed by atoms with E-state index in [9.17, 15) is 5.11 Å². The van der Waals surface area contributed by atoms with Gasteiger partial charge in [-0.3, -0.25) is 4.90 Å². The van der Waals surface area contributed by atoms with E-state index in [4.69, 9.17) is 0 Å². The fourth-order valence-corrected chi connectivity index (χ4v) is 3.58. The smallest absolute Gasteiger partial charge is 0.116 e. The molecule has 0 radical (unpaired) electrons. The van der Waals surface area contributed by atoms with Crippen LogP contribution in [0.15, 0.2) is 66.8 Å². The van der Waals surface area contributed by atoms with Gasteiger partial charge in [-0.1, -0.05) is 42.5 Å². The molecule has 0 spiro atoms. The van der Waals surface area contributed by atoms with E-state index < -0.39 is 0 Å². The summed E-state index contributed by atoms with van der Waals surface area (Å²) in [6, 6.07) is 16.3. The van der Waals surface area contributed by atoms with Crippen LogP contribution in [0, 0.1) is 0 Å². The van der Waals surface area contributed by atoms with Crippen LogP contribution in [-0.2, 0) is 6.42 Å². The Bertz CT molecular complexity index is 766. The minimum atomic E-state index is 0. The van der Waals surface area contributed by atoms with Gasteiger partial charge < -0.3 is 5.11 Å². The number of nitrogens with zero attached hydrogens (tertiary/aromatic N) is 1. The summed E-state index contributed by atoms with van der Waals surface area (Å²) in [6.07, 6.45) is 5.30. The van der Waals surface area contributed by atoms with E-state index in [0.29, 0.717) is 5.75 Å². The third kappa shape index (κ3) is 4.53. The zero-order chi connectivity index (χ0) is 16.9. The van der Waals surface area contributed by atoms with Crippen molar-refractivity contribution in [2.24, 2.45) is 0 Å². The summed E-state index contributed by atoms with van der Waals surface area (Å²) in [5.74, 6) is 0.320. The average Bonchev–Trinajstić information content (AvgIpc) is 2.74. The van der Waals surface area contributed by atoms with Gasteiger partial charge in [0.1, 0.15) is 5.75 Å². The molecule has 0 atom stereocenters. The molecule has 25 heavy (non-hydrogen) atoms. The first-order valence-electron chi connectivity index (χ1n) is 8.58. The summed E-state index contributed by atoms with van der Waals surface area (Å²) in [7, 11) is 2.13. The van der Waals surface area contributed by atoms with Gasteiger partial charge in [-0.05, 0) is 66.3 Å². The number of likely N-dealkylation sites (N-methyl/N-ethyl adjacent to an activating group) is 1. The summed E-state index contributed by atoms with van der Waals surface area (Å²) >= 11 is 0. The van der Waals surface area contributed by atoms with Crippen molar-refractivity contribution in [2.45, 2.75) is 19.3 Å². The zero-order valence-electron chi connectivity index (χ0n) is 14.7. The predicted molar refractivity (Wildman–Crippen MR) is 108 cm³/mol. The molecule has 2 aromatic carbocycles. The standard InChI is InChI=1S/C22H25NO.ClH/c1-3-14-23(2)16-19-11-6-9-17-8-4-5-13-21(17)22(19)18-10-7-12-20(24)15-18;/h3-5,7-8,10,12-13,15,24H,1,6,9,11,14,16H2,2H3;1H. The van der Waals surface area contributed by atoms with E-state index in [1.165, 1.54) is 22.3 Å². The van der Waals surface area contributed by atoms with E-state index in [2.05, 4.69) is 48.9 Å². The highest BCUT2D eigenvalue weighted by molar-refractivity contribution is 5.85. The van der Waals surface area contributed by atoms with E-state index in [1.807, 2.05) is 18.2 Å². The largest absolute Gasteiger partial charge is 0.508 e. The fraction of sp³-hybridized carbons (Fsp3) is 0.273. The van der Waals surface area contributed by atoms with Crippen molar-refractivity contribution < 1.29 is 5.11 Å². The molecule has 1 aliphatic carbocycles. The number of halogens is 1. The molecule has 0 saturated heterocycles. The van der Waals surface area contributed by atoms with Crippen molar-refractivity contribution in [1.82, 2.24) is 4.90 Å². The highest BCUT2D eigenvalue weighted by Gasteiger charge is 2.19. The zero-order valence-corrected chi connectivity index (χ0v) is 15.6. The minimum absolute atomic E-state index is 0. The van der Waals surface area contributed by atoms with Crippen LogP contribution in [0.25, 0.3) is 5.57 Å². The number of benzene rings is 2. The summed E-state index contributed by atoms with van der Waals surface area (Å²) in [5.41, 5.74) is 6.54. The van der Waals surface area contributed by atoms with Gasteiger partial charge in [0.05, 0.1) is 0 Å². The number of phenols is 1. The maximum Gasteiger partial charge on any atom is 0.116 e. The van der Waals surface area contributed by atoms with Crippen molar-refractivity contribution in [2.75, 3.05) is 20.1 Å². The van der Waals surface area contributed by atoms with Gasteiger partial charge in [0, 0.05) is 13.1 Å². The second-order valence-electron chi connectivity index (χ2n) is 6.53. The fourth-order valence-electron chi connectivity index (χ4n) is 3.58. The molecule has 1 aliphatic rings. The van der Waals surface area contributed by atoms with Crippen LogP contribution in [0.1, 0.15) is 29.5 Å². The van der Waals surface area contributed by atoms with Crippen LogP contribution < -0.4 is 0 Å². The van der Waals surface area contributed by atoms with Gasteiger partial charge in [0.15, 0.2) is 0 Å². The minimum Gasteiger partial charge on any atom is -0.508 e. The number of fused-ring (bicyclic) bond motifs is 1. The Morgan fingerprint density at radius 3 is 2.68 bits per heavy atom. The second-order valence-corrected chi connectivity index (χ2v) is 6.53. The molecule has 0 bridgehead atoms. The molecule has 3 heteroatoms. The van der Waals surface area contributed by atoms with Crippen molar-refractivity contribution in [3.05, 3.63) is 83.4 Å². The highest BCUT2D eigenvalue weighted by atomic mass is 35.5. The Kier molecular flexibility index (Phi) is 6.86. The van der Waals surface area contributed by atoms with Crippen LogP contribution in [0.4, 0.5) is 0 Å². The van der Waals surface area contributed by atoms with Gasteiger partial charge in [0.2, 0.25) is 0 Å². The number of hydrogen-bond donors (Lipinski definition) is 1. The average molecular weight is 356 g/mol. The Morgan fingerprint density at radius 2 is 1.92 bits per heavy atom. The molecule has 3 rings (SSSR count). The molecule has 2 aromatic rings. The first-order valence-corrected chi connectivity index (χ1v) is 8.58. The van der Waals surface area contributed by atoms with Gasteiger partial charge in [0.25, 0.3) is 0 Å². The first-order chi connectivity index (χ1) is 11.7. The van der Waals surface area contributed by atoms with Gasteiger partial charge in [-0.25, -0.2) is 0 Å². The van der Waals surface area contributed by atoms with Crippen LogP contribution >= 0.6 is 12.4 Å². The molecule has 2 nitrogen and oxygen atoms in total. The maximum atomic E-state index is 9.97. The highest BCUT2D eigenvalue weighted by Crippen LogP contribution is 2.36. The van der Waals surface area contributed by atoms with E-state index >= 15 is 0 Å². The van der Waals surface area contributed by atoms with Gasteiger partial charge in [-0.15, -0.1) is 19.0 Å². The lowest BCUT2D eigenvalue weighted by Crippen LogP contribution is -2.21. The van der Waals surface area contributed by atoms with E-state index in [-0.39, 0.29) is 12.4 Å². The molecule has 0 aromatic heterocycles. The Labute approximate surface area is 156 Å². The molecule has 1 N–H and O–H groups in total. The van der Waals surface area contributed by atoms with Crippen molar-refractivity contribution >= 4 is 18.0 Å². The third-order valence-electron chi connectivity index (χ3n) is 4.60. The van der Waals surface area contributed by atoms with Crippen molar-refractivity contribution in [1.29, 1.82) is 0 Å². The normalized spacial score (nSPS) is 13.8. The number of rotatable bonds is 5. The predicted octanol–water partition coefficient (Wildman–Crippen LogP) is 5.07.